The van der Waals surface area contributed by atoms with Crippen molar-refractivity contribution in [1.29, 1.82) is 0 Å². The molecule has 1 aromatic carbocycles. The van der Waals surface area contributed by atoms with Gasteiger partial charge in [0.1, 0.15) is 0 Å². The summed E-state index contributed by atoms with van der Waals surface area (Å²) in [6, 6.07) is 4.35. The molecule has 0 spiro atoms. The molecule has 1 aromatic rings. The lowest BCUT2D eigenvalue weighted by Gasteiger charge is -2.43. The van der Waals surface area contributed by atoms with E-state index < -0.39 is 15.8 Å². The fraction of sp³-hybridized carbons (Fsp3) is 0.579. The molecule has 2 fully saturated rings. The van der Waals surface area contributed by atoms with Crippen LogP contribution in [0.3, 0.4) is 0 Å². The highest BCUT2D eigenvalue weighted by atomic mass is 32.2. The Morgan fingerprint density at radius 2 is 2.00 bits per heavy atom. The summed E-state index contributed by atoms with van der Waals surface area (Å²) < 4.78 is 34.4. The first-order valence-corrected chi connectivity index (χ1v) is 11.1. The van der Waals surface area contributed by atoms with E-state index in [1.165, 1.54) is 12.1 Å². The molecule has 3 rings (SSSR count). The van der Waals surface area contributed by atoms with E-state index in [-0.39, 0.29) is 35.1 Å². The predicted octanol–water partition coefficient (Wildman–Crippen LogP) is 1.73. The highest BCUT2D eigenvalue weighted by Gasteiger charge is 2.36. The topological polar surface area (TPSA) is 90.0 Å². The average molecular weight is 395 g/mol. The highest BCUT2D eigenvalue weighted by Crippen LogP contribution is 2.28. The number of sulfone groups is 1. The molecule has 8 heteroatoms. The summed E-state index contributed by atoms with van der Waals surface area (Å²) in [5.74, 6) is -0.930. The van der Waals surface area contributed by atoms with E-state index in [1.807, 2.05) is 0 Å². The van der Waals surface area contributed by atoms with Crippen LogP contribution < -0.4 is 0 Å². The molecule has 1 aliphatic carbocycles. The van der Waals surface area contributed by atoms with Crippen molar-refractivity contribution in [2.75, 3.05) is 26.0 Å². The van der Waals surface area contributed by atoms with Gasteiger partial charge in [-0.3, -0.25) is 4.79 Å². The lowest BCUT2D eigenvalue weighted by Crippen LogP contribution is -2.55. The molecule has 1 heterocycles. The van der Waals surface area contributed by atoms with E-state index >= 15 is 0 Å². The zero-order valence-corrected chi connectivity index (χ0v) is 16.5. The maximum Gasteiger partial charge on any atom is 0.338 e. The number of aryl methyl sites for hydroxylation is 1. The van der Waals surface area contributed by atoms with Crippen LogP contribution in [0.2, 0.25) is 0 Å². The third-order valence-corrected chi connectivity index (χ3v) is 6.35. The number of hydrogen-bond donors (Lipinski definition) is 0. The van der Waals surface area contributed by atoms with Crippen LogP contribution in [0.4, 0.5) is 0 Å². The normalized spacial score (nSPS) is 22.8. The van der Waals surface area contributed by atoms with Crippen molar-refractivity contribution in [3.05, 3.63) is 29.3 Å². The molecule has 148 valence electrons. The predicted molar refractivity (Wildman–Crippen MR) is 98.3 cm³/mol. The fourth-order valence-electron chi connectivity index (χ4n) is 3.75. The van der Waals surface area contributed by atoms with Crippen LogP contribution in [0.1, 0.15) is 41.6 Å². The molecule has 1 amide bonds. The second-order valence-electron chi connectivity index (χ2n) is 7.17. The largest absolute Gasteiger partial charge is 0.452 e. The molecule has 1 saturated carbocycles. The Labute approximate surface area is 159 Å². The fourth-order valence-corrected chi connectivity index (χ4v) is 4.39. The van der Waals surface area contributed by atoms with Gasteiger partial charge in [0.05, 0.1) is 29.2 Å². The first-order chi connectivity index (χ1) is 12.8. The third kappa shape index (κ3) is 4.50. The van der Waals surface area contributed by atoms with E-state index in [0.717, 1.165) is 31.9 Å². The summed E-state index contributed by atoms with van der Waals surface area (Å²) in [7, 11) is -3.43. The second-order valence-corrected chi connectivity index (χ2v) is 9.19. The lowest BCUT2D eigenvalue weighted by molar-refractivity contribution is -0.152. The van der Waals surface area contributed by atoms with E-state index in [9.17, 15) is 18.0 Å². The summed E-state index contributed by atoms with van der Waals surface area (Å²) in [4.78, 5) is 26.8. The minimum absolute atomic E-state index is 0.0459. The maximum atomic E-state index is 12.6. The van der Waals surface area contributed by atoms with E-state index in [0.29, 0.717) is 18.7 Å². The zero-order chi connectivity index (χ0) is 19.6. The monoisotopic (exact) mass is 395 g/mol. The molecular formula is C19H25NO6S. The van der Waals surface area contributed by atoms with Crippen molar-refractivity contribution in [3.8, 4) is 0 Å². The van der Waals surface area contributed by atoms with Crippen molar-refractivity contribution in [3.63, 3.8) is 0 Å². The maximum absolute atomic E-state index is 12.6. The number of benzene rings is 1. The van der Waals surface area contributed by atoms with Gasteiger partial charge in [-0.05, 0) is 37.5 Å². The summed E-state index contributed by atoms with van der Waals surface area (Å²) >= 11 is 0. The third-order valence-electron chi connectivity index (χ3n) is 5.24. The Balaban J connectivity index is 1.66. The highest BCUT2D eigenvalue weighted by molar-refractivity contribution is 7.90. The molecular weight excluding hydrogens is 370 g/mol. The lowest BCUT2D eigenvalue weighted by atomic mass is 9.90. The van der Waals surface area contributed by atoms with Gasteiger partial charge in [-0.25, -0.2) is 13.2 Å². The minimum Gasteiger partial charge on any atom is -0.452 e. The van der Waals surface area contributed by atoms with Crippen molar-refractivity contribution < 1.29 is 27.5 Å². The first kappa shape index (κ1) is 19.8. The van der Waals surface area contributed by atoms with Gasteiger partial charge >= 0.3 is 5.97 Å². The van der Waals surface area contributed by atoms with Gasteiger partial charge in [-0.15, -0.1) is 0 Å². The van der Waals surface area contributed by atoms with E-state index in [2.05, 4.69) is 0 Å². The Morgan fingerprint density at radius 1 is 1.26 bits per heavy atom. The van der Waals surface area contributed by atoms with E-state index in [1.54, 1.807) is 17.9 Å². The number of carbonyl (C=O) groups is 2. The average Bonchev–Trinajstić information content (AvgIpc) is 2.64. The zero-order valence-electron chi connectivity index (χ0n) is 15.6. The van der Waals surface area contributed by atoms with Crippen molar-refractivity contribution >= 4 is 21.7 Å². The second kappa shape index (κ2) is 7.98. The molecule has 0 N–H and O–H groups in total. The molecule has 1 aliphatic heterocycles. The van der Waals surface area contributed by atoms with Crippen LogP contribution >= 0.6 is 0 Å². The number of ether oxygens (including phenoxy) is 2. The van der Waals surface area contributed by atoms with Crippen molar-refractivity contribution in [2.45, 2.75) is 49.6 Å². The van der Waals surface area contributed by atoms with Crippen molar-refractivity contribution in [2.24, 2.45) is 0 Å². The molecule has 0 unspecified atom stereocenters. The SMILES string of the molecule is Cc1ccc(S(C)(=O)=O)cc1C(=O)OCC(=O)N1CCO[C@@H]2CCCC[C@H]21. The molecule has 2 atom stereocenters. The van der Waals surface area contributed by atoms with Gasteiger partial charge in [-0.1, -0.05) is 18.9 Å². The van der Waals surface area contributed by atoms with Gasteiger partial charge in [0, 0.05) is 12.8 Å². The molecule has 0 bridgehead atoms. The quantitative estimate of drug-likeness (QED) is 0.721. The number of hydrogen-bond acceptors (Lipinski definition) is 6. The number of amides is 1. The van der Waals surface area contributed by atoms with Crippen LogP contribution in [-0.2, 0) is 24.1 Å². The van der Waals surface area contributed by atoms with Crippen LogP contribution in [0.15, 0.2) is 23.1 Å². The number of rotatable bonds is 4. The Hall–Kier alpha value is -1.93. The molecule has 7 nitrogen and oxygen atoms in total. The van der Waals surface area contributed by atoms with E-state index in [4.69, 9.17) is 9.47 Å². The van der Waals surface area contributed by atoms with Gasteiger partial charge in [0.15, 0.2) is 16.4 Å². The molecule has 2 aliphatic rings. The Morgan fingerprint density at radius 3 is 2.74 bits per heavy atom. The Bertz CT molecular complexity index is 833. The molecule has 1 saturated heterocycles. The van der Waals surface area contributed by atoms with Gasteiger partial charge in [0.2, 0.25) is 0 Å². The van der Waals surface area contributed by atoms with Crippen LogP contribution in [0.25, 0.3) is 0 Å². The number of esters is 1. The van der Waals surface area contributed by atoms with Gasteiger partial charge in [0.25, 0.3) is 5.91 Å². The smallest absolute Gasteiger partial charge is 0.338 e. The van der Waals surface area contributed by atoms with Crippen LogP contribution in [-0.4, -0.2) is 63.4 Å². The van der Waals surface area contributed by atoms with Gasteiger partial charge in [-0.2, -0.15) is 0 Å². The van der Waals surface area contributed by atoms with Gasteiger partial charge < -0.3 is 14.4 Å². The number of carbonyl (C=O) groups excluding carboxylic acids is 2. The Kier molecular flexibility index (Phi) is 5.86. The summed E-state index contributed by atoms with van der Waals surface area (Å²) in [6.45, 7) is 2.33. The number of nitrogens with zero attached hydrogens (tertiary/aromatic N) is 1. The van der Waals surface area contributed by atoms with Crippen molar-refractivity contribution in [1.82, 2.24) is 4.90 Å². The van der Waals surface area contributed by atoms with Crippen LogP contribution in [0.5, 0.6) is 0 Å². The summed E-state index contributed by atoms with van der Waals surface area (Å²) in [5.41, 5.74) is 0.752. The molecule has 0 radical (unpaired) electrons. The first-order valence-electron chi connectivity index (χ1n) is 9.16. The van der Waals surface area contributed by atoms with Crippen LogP contribution in [0, 0.1) is 6.92 Å². The molecule has 0 aromatic heterocycles. The molecule has 27 heavy (non-hydrogen) atoms. The minimum atomic E-state index is -3.43. The number of fused-ring (bicyclic) bond motifs is 1. The summed E-state index contributed by atoms with van der Waals surface area (Å²) in [6.07, 6.45) is 5.17. The number of morpholine rings is 1. The standard InChI is InChI=1S/C19H25NO6S/c1-13-7-8-14(27(2,23)24)11-15(13)19(22)26-12-18(21)20-9-10-25-17-6-4-3-5-16(17)20/h7-8,11,16-17H,3-6,9-10,12H2,1-2H3/t16-,17-/m1/s1. The summed E-state index contributed by atoms with van der Waals surface area (Å²) in [5, 5.41) is 0.